The molecule has 2 heterocycles. The Morgan fingerprint density at radius 2 is 1.93 bits per heavy atom. The van der Waals surface area contributed by atoms with Crippen molar-refractivity contribution < 1.29 is 14.3 Å². The van der Waals surface area contributed by atoms with Gasteiger partial charge >= 0.3 is 6.03 Å². The number of ether oxygens (including phenoxy) is 1. The van der Waals surface area contributed by atoms with Crippen LogP contribution in [0.4, 0.5) is 4.79 Å². The minimum atomic E-state index is -0.0118. The molecule has 2 saturated heterocycles. The van der Waals surface area contributed by atoms with E-state index in [0.29, 0.717) is 23.9 Å². The average molecular weight is 409 g/mol. The van der Waals surface area contributed by atoms with Gasteiger partial charge in [0.05, 0.1) is 0 Å². The SMILES string of the molecule is CC[C@]1(N2CCN(C(=O)COc3cccc(Cl)c3)CC2)CCN(C(=O)NC)C1. The zero-order valence-electron chi connectivity index (χ0n) is 16.6. The van der Waals surface area contributed by atoms with E-state index >= 15 is 0 Å². The van der Waals surface area contributed by atoms with Crippen LogP contribution in [0, 0.1) is 0 Å². The summed E-state index contributed by atoms with van der Waals surface area (Å²) in [7, 11) is 1.67. The number of benzene rings is 1. The smallest absolute Gasteiger partial charge is 0.317 e. The van der Waals surface area contributed by atoms with Crippen LogP contribution in [0.1, 0.15) is 19.8 Å². The third kappa shape index (κ3) is 4.52. The van der Waals surface area contributed by atoms with Gasteiger partial charge in [0.15, 0.2) is 6.61 Å². The van der Waals surface area contributed by atoms with Crippen molar-refractivity contribution >= 4 is 23.5 Å². The quantitative estimate of drug-likeness (QED) is 0.809. The van der Waals surface area contributed by atoms with E-state index in [1.165, 1.54) is 0 Å². The topological polar surface area (TPSA) is 65.1 Å². The first kappa shape index (κ1) is 20.7. The highest BCUT2D eigenvalue weighted by atomic mass is 35.5. The van der Waals surface area contributed by atoms with Crippen molar-refractivity contribution in [3.63, 3.8) is 0 Å². The summed E-state index contributed by atoms with van der Waals surface area (Å²) in [6, 6.07) is 7.06. The molecular formula is C20H29ClN4O3. The van der Waals surface area contributed by atoms with Crippen LogP contribution in [-0.2, 0) is 4.79 Å². The van der Waals surface area contributed by atoms with Gasteiger partial charge in [0.1, 0.15) is 5.75 Å². The van der Waals surface area contributed by atoms with Crippen LogP contribution in [0.2, 0.25) is 5.02 Å². The lowest BCUT2D eigenvalue weighted by Gasteiger charge is -2.45. The van der Waals surface area contributed by atoms with Gasteiger partial charge in [-0.1, -0.05) is 24.6 Å². The van der Waals surface area contributed by atoms with E-state index in [2.05, 4.69) is 17.1 Å². The lowest BCUT2D eigenvalue weighted by molar-refractivity contribution is -0.136. The van der Waals surface area contributed by atoms with Crippen molar-refractivity contribution in [1.29, 1.82) is 0 Å². The minimum Gasteiger partial charge on any atom is -0.484 e. The molecule has 0 aliphatic carbocycles. The molecule has 3 amide bonds. The van der Waals surface area contributed by atoms with Crippen molar-refractivity contribution in [2.45, 2.75) is 25.3 Å². The number of rotatable bonds is 5. The first-order valence-corrected chi connectivity index (χ1v) is 10.2. The number of amides is 3. The highest BCUT2D eigenvalue weighted by Crippen LogP contribution is 2.32. The molecule has 0 unspecified atom stereocenters. The summed E-state index contributed by atoms with van der Waals surface area (Å²) in [5.74, 6) is 0.591. The van der Waals surface area contributed by atoms with Crippen molar-refractivity contribution in [3.05, 3.63) is 29.3 Å². The van der Waals surface area contributed by atoms with Gasteiger partial charge in [0.25, 0.3) is 5.91 Å². The molecule has 2 fully saturated rings. The molecule has 8 heteroatoms. The Bertz CT molecular complexity index is 708. The van der Waals surface area contributed by atoms with E-state index in [0.717, 1.165) is 39.0 Å². The Labute approximate surface area is 171 Å². The summed E-state index contributed by atoms with van der Waals surface area (Å²) in [6.07, 6.45) is 1.97. The molecule has 3 rings (SSSR count). The molecule has 1 aromatic rings. The van der Waals surface area contributed by atoms with Gasteiger partial charge in [0.2, 0.25) is 0 Å². The van der Waals surface area contributed by atoms with Gasteiger partial charge in [-0.05, 0) is 31.0 Å². The fourth-order valence-electron chi connectivity index (χ4n) is 4.18. The van der Waals surface area contributed by atoms with Gasteiger partial charge in [-0.15, -0.1) is 0 Å². The van der Waals surface area contributed by atoms with Crippen LogP contribution in [0.15, 0.2) is 24.3 Å². The third-order valence-corrected chi connectivity index (χ3v) is 6.19. The van der Waals surface area contributed by atoms with Crippen LogP contribution >= 0.6 is 11.6 Å². The normalized spacial score (nSPS) is 23.0. The van der Waals surface area contributed by atoms with E-state index in [-0.39, 0.29) is 24.1 Å². The molecule has 0 radical (unpaired) electrons. The summed E-state index contributed by atoms with van der Waals surface area (Å²) < 4.78 is 5.58. The number of carbonyl (C=O) groups is 2. The Hall–Kier alpha value is -1.99. The lowest BCUT2D eigenvalue weighted by Crippen LogP contribution is -2.59. The molecule has 1 aromatic carbocycles. The van der Waals surface area contributed by atoms with Gasteiger partial charge in [-0.2, -0.15) is 0 Å². The minimum absolute atomic E-state index is 0.0106. The number of hydrogen-bond donors (Lipinski definition) is 1. The van der Waals surface area contributed by atoms with Crippen LogP contribution < -0.4 is 10.1 Å². The second kappa shape index (κ2) is 9.01. The molecule has 2 aliphatic rings. The van der Waals surface area contributed by atoms with Crippen LogP contribution in [-0.4, -0.2) is 85.1 Å². The third-order valence-electron chi connectivity index (χ3n) is 5.95. The van der Waals surface area contributed by atoms with Gasteiger partial charge in [-0.3, -0.25) is 9.69 Å². The number of urea groups is 1. The van der Waals surface area contributed by atoms with E-state index in [1.807, 2.05) is 9.80 Å². The fraction of sp³-hybridized carbons (Fsp3) is 0.600. The summed E-state index contributed by atoms with van der Waals surface area (Å²) in [6.45, 7) is 6.72. The van der Waals surface area contributed by atoms with Gasteiger partial charge in [0, 0.05) is 56.9 Å². The zero-order chi connectivity index (χ0) is 20.1. The first-order chi connectivity index (χ1) is 13.5. The lowest BCUT2D eigenvalue weighted by atomic mass is 9.92. The fourth-order valence-corrected chi connectivity index (χ4v) is 4.36. The highest BCUT2D eigenvalue weighted by Gasteiger charge is 2.44. The number of halogens is 1. The van der Waals surface area contributed by atoms with Gasteiger partial charge in [-0.25, -0.2) is 4.79 Å². The Morgan fingerprint density at radius 1 is 1.18 bits per heavy atom. The predicted molar refractivity (Wildman–Crippen MR) is 109 cm³/mol. The van der Waals surface area contributed by atoms with E-state index in [9.17, 15) is 9.59 Å². The zero-order valence-corrected chi connectivity index (χ0v) is 17.4. The largest absolute Gasteiger partial charge is 0.484 e. The number of piperazine rings is 1. The maximum atomic E-state index is 12.5. The summed E-state index contributed by atoms with van der Waals surface area (Å²) in [5.41, 5.74) is 0.0128. The molecule has 28 heavy (non-hydrogen) atoms. The molecular weight excluding hydrogens is 380 g/mol. The number of nitrogens with one attached hydrogen (secondary N) is 1. The van der Waals surface area contributed by atoms with Crippen molar-refractivity contribution in [2.24, 2.45) is 0 Å². The van der Waals surface area contributed by atoms with Crippen molar-refractivity contribution in [1.82, 2.24) is 20.0 Å². The number of hydrogen-bond acceptors (Lipinski definition) is 4. The van der Waals surface area contributed by atoms with Gasteiger partial charge < -0.3 is 19.9 Å². The second-order valence-electron chi connectivity index (χ2n) is 7.42. The summed E-state index contributed by atoms with van der Waals surface area (Å²) in [5, 5.41) is 3.31. The monoisotopic (exact) mass is 408 g/mol. The van der Waals surface area contributed by atoms with Crippen LogP contribution in [0.5, 0.6) is 5.75 Å². The van der Waals surface area contributed by atoms with E-state index in [4.69, 9.17) is 16.3 Å². The number of carbonyl (C=O) groups excluding carboxylic acids is 2. The molecule has 0 bridgehead atoms. The Morgan fingerprint density at radius 3 is 2.57 bits per heavy atom. The highest BCUT2D eigenvalue weighted by molar-refractivity contribution is 6.30. The molecule has 0 aromatic heterocycles. The Balaban J connectivity index is 1.50. The average Bonchev–Trinajstić information content (AvgIpc) is 3.17. The maximum Gasteiger partial charge on any atom is 0.317 e. The van der Waals surface area contributed by atoms with E-state index < -0.39 is 0 Å². The molecule has 154 valence electrons. The molecule has 1 N–H and O–H groups in total. The first-order valence-electron chi connectivity index (χ1n) is 9.85. The predicted octanol–water partition coefficient (Wildman–Crippen LogP) is 2.06. The van der Waals surface area contributed by atoms with E-state index in [1.54, 1.807) is 31.3 Å². The standard InChI is InChI=1S/C20H29ClN4O3/c1-3-20(7-8-24(15-20)19(27)22-2)25-11-9-23(10-12-25)18(26)14-28-17-6-4-5-16(21)13-17/h4-6,13H,3,7-12,14-15H2,1-2H3,(H,22,27)/t20-/m0/s1. The number of likely N-dealkylation sites (tertiary alicyclic amines) is 1. The molecule has 0 spiro atoms. The molecule has 7 nitrogen and oxygen atoms in total. The number of nitrogens with zero attached hydrogens (tertiary/aromatic N) is 3. The van der Waals surface area contributed by atoms with Crippen LogP contribution in [0.3, 0.4) is 0 Å². The molecule has 2 aliphatic heterocycles. The molecule has 0 saturated carbocycles. The maximum absolute atomic E-state index is 12.5. The van der Waals surface area contributed by atoms with Crippen molar-refractivity contribution in [2.75, 3.05) is 52.9 Å². The van der Waals surface area contributed by atoms with Crippen LogP contribution in [0.25, 0.3) is 0 Å². The summed E-state index contributed by atoms with van der Waals surface area (Å²) in [4.78, 5) is 30.7. The Kier molecular flexibility index (Phi) is 6.67. The second-order valence-corrected chi connectivity index (χ2v) is 7.85. The van der Waals surface area contributed by atoms with Crippen molar-refractivity contribution in [3.8, 4) is 5.75 Å². The summed E-state index contributed by atoms with van der Waals surface area (Å²) >= 11 is 5.94. The molecule has 1 atom stereocenters.